The summed E-state index contributed by atoms with van der Waals surface area (Å²) in [4.78, 5) is 12.1. The highest BCUT2D eigenvalue weighted by molar-refractivity contribution is 6.04. The third-order valence-electron chi connectivity index (χ3n) is 3.68. The summed E-state index contributed by atoms with van der Waals surface area (Å²) in [7, 11) is 0. The van der Waals surface area contributed by atoms with Crippen LogP contribution >= 0.6 is 0 Å². The normalized spacial score (nSPS) is 13.8. The quantitative estimate of drug-likeness (QED) is 0.907. The number of carbonyl (C=O) groups excluding carboxylic acids is 1. The maximum absolute atomic E-state index is 14.4. The largest absolute Gasteiger partial charge is 0.319 e. The number of rotatable bonds is 3. The number of carbonyl (C=O) groups is 1. The highest BCUT2D eigenvalue weighted by Gasteiger charge is 2.18. The van der Waals surface area contributed by atoms with E-state index >= 15 is 0 Å². The molecule has 0 atom stereocenters. The lowest BCUT2D eigenvalue weighted by molar-refractivity contribution is 0.102. The van der Waals surface area contributed by atoms with E-state index in [1.54, 1.807) is 16.9 Å². The van der Waals surface area contributed by atoms with E-state index in [9.17, 15) is 9.18 Å². The van der Waals surface area contributed by atoms with Crippen LogP contribution in [0.1, 0.15) is 28.4 Å². The van der Waals surface area contributed by atoms with Gasteiger partial charge in [-0.2, -0.15) is 5.10 Å². The van der Waals surface area contributed by atoms with Gasteiger partial charge in [0.05, 0.1) is 17.4 Å². The Balaban J connectivity index is 1.83. The number of hydrogen-bond donors (Lipinski definition) is 2. The number of nitrogens with one attached hydrogen (secondary N) is 2. The van der Waals surface area contributed by atoms with Gasteiger partial charge in [-0.15, -0.1) is 0 Å². The number of amides is 1. The van der Waals surface area contributed by atoms with E-state index in [0.29, 0.717) is 30.6 Å². The van der Waals surface area contributed by atoms with E-state index in [4.69, 9.17) is 0 Å². The monoisotopic (exact) mass is 288 g/mol. The van der Waals surface area contributed by atoms with Crippen molar-refractivity contribution in [3.8, 4) is 0 Å². The predicted octanol–water partition coefficient (Wildman–Crippen LogP) is 1.94. The molecule has 0 aliphatic carbocycles. The first-order valence-electron chi connectivity index (χ1n) is 7.04. The van der Waals surface area contributed by atoms with E-state index in [1.807, 2.05) is 13.0 Å². The molecule has 0 radical (unpaired) electrons. The number of nitrogens with zero attached hydrogens (tertiary/aromatic N) is 2. The molecule has 1 amide bonds. The molecule has 2 heterocycles. The number of benzene rings is 1. The SMILES string of the molecule is CCn1cc(C(=O)Nc2ccc3c(c2F)CCNC3)cn1. The Morgan fingerprint density at radius 2 is 2.38 bits per heavy atom. The van der Waals surface area contributed by atoms with Gasteiger partial charge in [0.1, 0.15) is 5.82 Å². The molecule has 3 rings (SSSR count). The summed E-state index contributed by atoms with van der Waals surface area (Å²) in [5, 5.41) is 9.87. The Morgan fingerprint density at radius 3 is 3.14 bits per heavy atom. The second kappa shape index (κ2) is 5.65. The summed E-state index contributed by atoms with van der Waals surface area (Å²) in [6, 6.07) is 3.47. The molecule has 1 aliphatic heterocycles. The molecule has 5 nitrogen and oxygen atoms in total. The van der Waals surface area contributed by atoms with Crippen LogP contribution in [0.3, 0.4) is 0 Å². The zero-order valence-corrected chi connectivity index (χ0v) is 11.8. The Bertz CT molecular complexity index is 680. The fraction of sp³-hybridized carbons (Fsp3) is 0.333. The van der Waals surface area contributed by atoms with Crippen LogP contribution in [0.15, 0.2) is 24.5 Å². The number of halogens is 1. The Morgan fingerprint density at radius 1 is 1.52 bits per heavy atom. The van der Waals surface area contributed by atoms with Gasteiger partial charge >= 0.3 is 0 Å². The Kier molecular flexibility index (Phi) is 3.70. The van der Waals surface area contributed by atoms with E-state index in [2.05, 4.69) is 15.7 Å². The third kappa shape index (κ3) is 2.67. The van der Waals surface area contributed by atoms with Crippen molar-refractivity contribution in [2.24, 2.45) is 0 Å². The molecule has 0 unspecified atom stereocenters. The summed E-state index contributed by atoms with van der Waals surface area (Å²) < 4.78 is 16.1. The predicted molar refractivity (Wildman–Crippen MR) is 77.7 cm³/mol. The second-order valence-corrected chi connectivity index (χ2v) is 5.03. The minimum absolute atomic E-state index is 0.227. The molecule has 0 spiro atoms. The first-order valence-corrected chi connectivity index (χ1v) is 7.04. The van der Waals surface area contributed by atoms with Crippen LogP contribution in [0.4, 0.5) is 10.1 Å². The molecular weight excluding hydrogens is 271 g/mol. The molecule has 6 heteroatoms. The first-order chi connectivity index (χ1) is 10.2. The lowest BCUT2D eigenvalue weighted by Crippen LogP contribution is -2.25. The van der Waals surface area contributed by atoms with Crippen LogP contribution < -0.4 is 10.6 Å². The molecule has 0 bridgehead atoms. The number of aryl methyl sites for hydroxylation is 1. The van der Waals surface area contributed by atoms with Crippen molar-refractivity contribution in [2.75, 3.05) is 11.9 Å². The molecule has 0 fully saturated rings. The van der Waals surface area contributed by atoms with Crippen molar-refractivity contribution in [2.45, 2.75) is 26.4 Å². The van der Waals surface area contributed by atoms with Crippen LogP contribution in [0.25, 0.3) is 0 Å². The van der Waals surface area contributed by atoms with Crippen LogP contribution in [0.2, 0.25) is 0 Å². The molecule has 1 aromatic heterocycles. The second-order valence-electron chi connectivity index (χ2n) is 5.03. The van der Waals surface area contributed by atoms with Gasteiger partial charge in [0, 0.05) is 19.3 Å². The van der Waals surface area contributed by atoms with Crippen molar-refractivity contribution in [3.05, 3.63) is 47.0 Å². The molecule has 1 aliphatic rings. The summed E-state index contributed by atoms with van der Waals surface area (Å²) >= 11 is 0. The Labute approximate surface area is 122 Å². The van der Waals surface area contributed by atoms with Crippen molar-refractivity contribution in [1.82, 2.24) is 15.1 Å². The van der Waals surface area contributed by atoms with Gasteiger partial charge in [-0.05, 0) is 37.1 Å². The lowest BCUT2D eigenvalue weighted by atomic mass is 9.99. The molecule has 0 saturated carbocycles. The average Bonchev–Trinajstić information content (AvgIpc) is 2.99. The van der Waals surface area contributed by atoms with Crippen molar-refractivity contribution < 1.29 is 9.18 Å². The number of anilines is 1. The summed E-state index contributed by atoms with van der Waals surface area (Å²) in [5.41, 5.74) is 2.30. The topological polar surface area (TPSA) is 59.0 Å². The zero-order valence-electron chi connectivity index (χ0n) is 11.8. The molecule has 2 aromatic rings. The molecule has 110 valence electrons. The molecular formula is C15H17FN4O. The fourth-order valence-electron chi connectivity index (χ4n) is 2.48. The van der Waals surface area contributed by atoms with Gasteiger partial charge in [0.25, 0.3) is 5.91 Å². The van der Waals surface area contributed by atoms with E-state index in [1.165, 1.54) is 6.20 Å². The van der Waals surface area contributed by atoms with Crippen LogP contribution in [0.5, 0.6) is 0 Å². The summed E-state index contributed by atoms with van der Waals surface area (Å²) in [6.07, 6.45) is 3.77. The number of aromatic nitrogens is 2. The van der Waals surface area contributed by atoms with Gasteiger partial charge in [-0.25, -0.2) is 4.39 Å². The minimum Gasteiger partial charge on any atom is -0.319 e. The van der Waals surface area contributed by atoms with Crippen molar-refractivity contribution >= 4 is 11.6 Å². The van der Waals surface area contributed by atoms with Gasteiger partial charge in [0.2, 0.25) is 0 Å². The molecule has 21 heavy (non-hydrogen) atoms. The van der Waals surface area contributed by atoms with Crippen LogP contribution in [0, 0.1) is 5.82 Å². The van der Waals surface area contributed by atoms with Crippen molar-refractivity contribution in [1.29, 1.82) is 0 Å². The van der Waals surface area contributed by atoms with Gasteiger partial charge < -0.3 is 10.6 Å². The maximum atomic E-state index is 14.4. The minimum atomic E-state index is -0.345. The van der Waals surface area contributed by atoms with Gasteiger partial charge in [0.15, 0.2) is 0 Å². The van der Waals surface area contributed by atoms with Gasteiger partial charge in [-0.1, -0.05) is 6.07 Å². The molecule has 0 saturated heterocycles. The number of fused-ring (bicyclic) bond motifs is 1. The lowest BCUT2D eigenvalue weighted by Gasteiger charge is -2.19. The van der Waals surface area contributed by atoms with E-state index in [-0.39, 0.29) is 17.4 Å². The summed E-state index contributed by atoms with van der Waals surface area (Å²) in [5.74, 6) is -0.673. The maximum Gasteiger partial charge on any atom is 0.258 e. The highest BCUT2D eigenvalue weighted by atomic mass is 19.1. The van der Waals surface area contributed by atoms with Crippen LogP contribution in [-0.4, -0.2) is 22.2 Å². The number of hydrogen-bond acceptors (Lipinski definition) is 3. The average molecular weight is 288 g/mol. The van der Waals surface area contributed by atoms with E-state index in [0.717, 1.165) is 12.1 Å². The van der Waals surface area contributed by atoms with E-state index < -0.39 is 0 Å². The standard InChI is InChI=1S/C15H17FN4O/c1-2-20-9-11(8-18-20)15(21)19-13-4-3-10-7-17-6-5-12(10)14(13)16/h3-4,8-9,17H,2,5-7H2,1H3,(H,19,21). The van der Waals surface area contributed by atoms with Gasteiger partial charge in [-0.3, -0.25) is 9.48 Å². The van der Waals surface area contributed by atoms with Crippen molar-refractivity contribution in [3.63, 3.8) is 0 Å². The highest BCUT2D eigenvalue weighted by Crippen LogP contribution is 2.24. The van der Waals surface area contributed by atoms with Crippen LogP contribution in [-0.2, 0) is 19.5 Å². The Hall–Kier alpha value is -2.21. The molecule has 2 N–H and O–H groups in total. The zero-order chi connectivity index (χ0) is 14.8. The third-order valence-corrected chi connectivity index (χ3v) is 3.68. The first kappa shape index (κ1) is 13.8. The smallest absolute Gasteiger partial charge is 0.258 e. The summed E-state index contributed by atoms with van der Waals surface area (Å²) in [6.45, 7) is 4.05. The fourth-order valence-corrected chi connectivity index (χ4v) is 2.48. The molecule has 1 aromatic carbocycles.